The summed E-state index contributed by atoms with van der Waals surface area (Å²) in [6.07, 6.45) is 7.89. The van der Waals surface area contributed by atoms with Crippen molar-refractivity contribution in [2.24, 2.45) is 0 Å². The van der Waals surface area contributed by atoms with E-state index in [0.717, 1.165) is 12.8 Å². The number of ether oxygens (including phenoxy) is 2. The Morgan fingerprint density at radius 2 is 1.85 bits per heavy atom. The lowest BCUT2D eigenvalue weighted by Gasteiger charge is -2.35. The van der Waals surface area contributed by atoms with E-state index in [4.69, 9.17) is 13.9 Å². The lowest BCUT2D eigenvalue weighted by atomic mass is 10.1. The fraction of sp³-hybridized carbons (Fsp3) is 0.810. The molecule has 0 aliphatic heterocycles. The van der Waals surface area contributed by atoms with E-state index in [1.54, 1.807) is 7.11 Å². The summed E-state index contributed by atoms with van der Waals surface area (Å²) in [6.45, 7) is 13.9. The van der Waals surface area contributed by atoms with Crippen molar-refractivity contribution in [3.05, 3.63) is 12.2 Å². The van der Waals surface area contributed by atoms with Crippen LogP contribution in [0.25, 0.3) is 0 Å². The first-order chi connectivity index (χ1) is 12.2. The molecule has 26 heavy (non-hydrogen) atoms. The second kappa shape index (κ2) is 13.5. The van der Waals surface area contributed by atoms with Gasteiger partial charge in [0.15, 0.2) is 8.32 Å². The molecule has 1 N–H and O–H groups in total. The minimum atomic E-state index is -1.77. The maximum Gasteiger partial charge on any atom is 0.192 e. The van der Waals surface area contributed by atoms with Gasteiger partial charge < -0.3 is 19.0 Å². The summed E-state index contributed by atoms with van der Waals surface area (Å²) in [5.41, 5.74) is 0. The molecule has 0 saturated carbocycles. The van der Waals surface area contributed by atoms with Crippen molar-refractivity contribution in [2.45, 2.75) is 90.1 Å². The molecule has 0 bridgehead atoms. The highest BCUT2D eigenvalue weighted by Gasteiger charge is 2.36. The van der Waals surface area contributed by atoms with Gasteiger partial charge in [-0.15, -0.1) is 5.92 Å². The summed E-state index contributed by atoms with van der Waals surface area (Å²) in [5, 5.41) is 10.5. The molecule has 0 heterocycles. The molecule has 0 aromatic rings. The van der Waals surface area contributed by atoms with E-state index in [0.29, 0.717) is 6.61 Å². The summed E-state index contributed by atoms with van der Waals surface area (Å²) < 4.78 is 16.6. The highest BCUT2D eigenvalue weighted by molar-refractivity contribution is 6.74. The molecular weight excluding hydrogens is 344 g/mol. The molecule has 0 aliphatic carbocycles. The van der Waals surface area contributed by atoms with Gasteiger partial charge in [0, 0.05) is 13.5 Å². The molecule has 2 atom stereocenters. The van der Waals surface area contributed by atoms with Gasteiger partial charge in [-0.05, 0) is 24.6 Å². The molecule has 0 spiro atoms. The van der Waals surface area contributed by atoms with Crippen LogP contribution in [0.1, 0.15) is 59.8 Å². The van der Waals surface area contributed by atoms with Crippen LogP contribution in [0.15, 0.2) is 12.2 Å². The number of hydrogen-bond donors (Lipinski definition) is 1. The summed E-state index contributed by atoms with van der Waals surface area (Å²) in [6, 6.07) is 0. The van der Waals surface area contributed by atoms with Crippen molar-refractivity contribution < 1.29 is 19.0 Å². The lowest BCUT2D eigenvalue weighted by Crippen LogP contribution is -2.40. The largest absolute Gasteiger partial charge is 0.413 e. The molecule has 0 aliphatic rings. The SMILES string of the molecule is CCCCCCC#C[C@H](O)[C@@H](/C=C/CO[Si](C)(C)C(C)(C)C)OCOC. The van der Waals surface area contributed by atoms with Gasteiger partial charge in [0.2, 0.25) is 0 Å². The number of hydrogen-bond acceptors (Lipinski definition) is 4. The molecular formula is C21H40O4Si. The monoisotopic (exact) mass is 384 g/mol. The van der Waals surface area contributed by atoms with Crippen molar-refractivity contribution in [2.75, 3.05) is 20.5 Å². The molecule has 5 heteroatoms. The zero-order valence-corrected chi connectivity index (χ0v) is 18.9. The van der Waals surface area contributed by atoms with Gasteiger partial charge in [0.1, 0.15) is 19.0 Å². The maximum atomic E-state index is 10.3. The van der Waals surface area contributed by atoms with Crippen molar-refractivity contribution in [3.63, 3.8) is 0 Å². The van der Waals surface area contributed by atoms with E-state index in [9.17, 15) is 5.11 Å². The number of rotatable bonds is 12. The van der Waals surface area contributed by atoms with Crippen LogP contribution >= 0.6 is 0 Å². The Kier molecular flexibility index (Phi) is 13.2. The molecule has 0 radical (unpaired) electrons. The van der Waals surface area contributed by atoms with Gasteiger partial charge >= 0.3 is 0 Å². The highest BCUT2D eigenvalue weighted by atomic mass is 28.4. The van der Waals surface area contributed by atoms with E-state index in [1.165, 1.54) is 19.3 Å². The second-order valence-corrected chi connectivity index (χ2v) is 12.9. The van der Waals surface area contributed by atoms with Crippen molar-refractivity contribution >= 4 is 8.32 Å². The fourth-order valence-corrected chi connectivity index (χ4v) is 2.91. The van der Waals surface area contributed by atoms with Crippen LogP contribution in [0.5, 0.6) is 0 Å². The Balaban J connectivity index is 4.56. The zero-order chi connectivity index (χ0) is 20.1. The molecule has 0 aromatic heterocycles. The molecule has 0 aromatic carbocycles. The fourth-order valence-electron chi connectivity index (χ4n) is 1.96. The lowest BCUT2D eigenvalue weighted by molar-refractivity contribution is -0.0816. The Morgan fingerprint density at radius 3 is 2.42 bits per heavy atom. The molecule has 0 amide bonds. The molecule has 0 rings (SSSR count). The standard InChI is InChI=1S/C21H40O4Si/c1-8-9-10-11-12-13-15-19(22)20(24-18-23-5)16-14-17-25-26(6,7)21(2,3)4/h14,16,19-20,22H,8-12,17-18H2,1-7H3/b16-14+/t19-,20+/m0/s1. The summed E-state index contributed by atoms with van der Waals surface area (Å²) in [4.78, 5) is 0. The van der Waals surface area contributed by atoms with E-state index in [1.807, 2.05) is 12.2 Å². The average Bonchev–Trinajstić information content (AvgIpc) is 2.56. The first kappa shape index (κ1) is 25.4. The topological polar surface area (TPSA) is 47.9 Å². The molecule has 0 fully saturated rings. The van der Waals surface area contributed by atoms with Gasteiger partial charge in [-0.3, -0.25) is 0 Å². The zero-order valence-electron chi connectivity index (χ0n) is 17.9. The van der Waals surface area contributed by atoms with Crippen LogP contribution in [0.2, 0.25) is 18.1 Å². The van der Waals surface area contributed by atoms with Gasteiger partial charge in [-0.25, -0.2) is 0 Å². The van der Waals surface area contributed by atoms with Gasteiger partial charge in [-0.2, -0.15) is 0 Å². The first-order valence-electron chi connectivity index (χ1n) is 9.73. The first-order valence-corrected chi connectivity index (χ1v) is 12.6. The van der Waals surface area contributed by atoms with Crippen LogP contribution in [0.4, 0.5) is 0 Å². The van der Waals surface area contributed by atoms with Crippen molar-refractivity contribution in [1.29, 1.82) is 0 Å². The second-order valence-electron chi connectivity index (χ2n) is 8.11. The third-order valence-electron chi connectivity index (χ3n) is 4.77. The predicted octanol–water partition coefficient (Wildman–Crippen LogP) is 4.89. The van der Waals surface area contributed by atoms with E-state index in [-0.39, 0.29) is 11.8 Å². The summed E-state index contributed by atoms with van der Waals surface area (Å²) in [7, 11) is -0.211. The third kappa shape index (κ3) is 11.2. The van der Waals surface area contributed by atoms with Crippen LogP contribution in [-0.2, 0) is 13.9 Å². The minimum Gasteiger partial charge on any atom is -0.413 e. The minimum absolute atomic E-state index is 0.118. The maximum absolute atomic E-state index is 10.3. The third-order valence-corrected chi connectivity index (χ3v) is 9.27. The Morgan fingerprint density at radius 1 is 1.15 bits per heavy atom. The van der Waals surface area contributed by atoms with Crippen LogP contribution in [-0.4, -0.2) is 46.1 Å². The number of aliphatic hydroxyl groups excluding tert-OH is 1. The van der Waals surface area contributed by atoms with Crippen LogP contribution < -0.4 is 0 Å². The Labute approximate surface area is 162 Å². The van der Waals surface area contributed by atoms with Crippen molar-refractivity contribution in [1.82, 2.24) is 0 Å². The van der Waals surface area contributed by atoms with E-state index >= 15 is 0 Å². The van der Waals surface area contributed by atoms with E-state index in [2.05, 4.69) is 52.6 Å². The van der Waals surface area contributed by atoms with Crippen molar-refractivity contribution in [3.8, 4) is 11.8 Å². The number of aliphatic hydroxyl groups is 1. The van der Waals surface area contributed by atoms with Gasteiger partial charge in [0.05, 0.1) is 6.61 Å². The highest BCUT2D eigenvalue weighted by Crippen LogP contribution is 2.36. The summed E-state index contributed by atoms with van der Waals surface area (Å²) in [5.74, 6) is 5.95. The molecule has 0 unspecified atom stereocenters. The van der Waals surface area contributed by atoms with Crippen LogP contribution in [0.3, 0.4) is 0 Å². The summed E-state index contributed by atoms with van der Waals surface area (Å²) >= 11 is 0. The van der Waals surface area contributed by atoms with Gasteiger partial charge in [0.25, 0.3) is 0 Å². The number of methoxy groups -OCH3 is 1. The quantitative estimate of drug-likeness (QED) is 0.171. The molecule has 4 nitrogen and oxygen atoms in total. The smallest absolute Gasteiger partial charge is 0.192 e. The number of unbranched alkanes of at least 4 members (excludes halogenated alkanes) is 4. The van der Waals surface area contributed by atoms with Crippen LogP contribution in [0, 0.1) is 11.8 Å². The Bertz CT molecular complexity index is 443. The molecule has 152 valence electrons. The molecule has 0 saturated heterocycles. The Hall–Kier alpha value is -0.643. The van der Waals surface area contributed by atoms with E-state index < -0.39 is 20.5 Å². The average molecular weight is 385 g/mol. The normalized spacial score (nSPS) is 14.9. The van der Waals surface area contributed by atoms with Gasteiger partial charge in [-0.1, -0.05) is 65.0 Å². The predicted molar refractivity (Wildman–Crippen MR) is 112 cm³/mol.